The molecule has 0 unspecified atom stereocenters. The highest BCUT2D eigenvalue weighted by Crippen LogP contribution is 2.16. The van der Waals surface area contributed by atoms with Crippen LogP contribution in [0.4, 0.5) is 0 Å². The molecule has 3 heteroatoms. The van der Waals surface area contributed by atoms with Gasteiger partial charge in [0.05, 0.1) is 6.04 Å². The topological polar surface area (TPSA) is 33.0 Å². The van der Waals surface area contributed by atoms with Gasteiger partial charge in [0, 0.05) is 11.6 Å². The molecular weight excluding hydrogens is 296 g/mol. The lowest BCUT2D eigenvalue weighted by atomic mass is 10.1. The molecule has 1 heterocycles. The van der Waals surface area contributed by atoms with E-state index in [1.54, 1.807) is 0 Å². The van der Waals surface area contributed by atoms with Crippen LogP contribution in [0.2, 0.25) is 0 Å². The second-order valence-corrected chi connectivity index (χ2v) is 5.83. The van der Waals surface area contributed by atoms with Crippen LogP contribution in [0, 0.1) is 0 Å². The Hall–Kier alpha value is -2.94. The molecule has 0 aliphatic heterocycles. The van der Waals surface area contributed by atoms with E-state index >= 15 is 0 Å². The van der Waals surface area contributed by atoms with E-state index in [-0.39, 0.29) is 11.9 Å². The Kier molecular flexibility index (Phi) is 5.02. The van der Waals surface area contributed by atoms with Gasteiger partial charge in [-0.3, -0.25) is 4.79 Å². The van der Waals surface area contributed by atoms with Crippen molar-refractivity contribution in [3.8, 4) is 11.1 Å². The summed E-state index contributed by atoms with van der Waals surface area (Å²) < 4.78 is 1.91. The Labute approximate surface area is 142 Å². The zero-order valence-electron chi connectivity index (χ0n) is 13.7. The monoisotopic (exact) mass is 317 g/mol. The summed E-state index contributed by atoms with van der Waals surface area (Å²) in [7, 11) is 0. The third kappa shape index (κ3) is 4.07. The number of rotatable bonds is 5. The predicted octanol–water partition coefficient (Wildman–Crippen LogP) is 3.52. The zero-order chi connectivity index (χ0) is 16.8. The van der Waals surface area contributed by atoms with Crippen molar-refractivity contribution in [1.82, 2.24) is 5.32 Å². The van der Waals surface area contributed by atoms with Crippen LogP contribution in [0.5, 0.6) is 0 Å². The van der Waals surface area contributed by atoms with Crippen molar-refractivity contribution >= 4 is 5.91 Å². The van der Waals surface area contributed by atoms with Crippen LogP contribution >= 0.6 is 0 Å². The van der Waals surface area contributed by atoms with Crippen molar-refractivity contribution in [3.05, 3.63) is 90.8 Å². The van der Waals surface area contributed by atoms with E-state index in [0.717, 1.165) is 16.7 Å². The van der Waals surface area contributed by atoms with E-state index in [0.29, 0.717) is 6.54 Å². The lowest BCUT2D eigenvalue weighted by molar-refractivity contribution is -0.684. The van der Waals surface area contributed by atoms with Gasteiger partial charge >= 0.3 is 0 Å². The smallest absolute Gasteiger partial charge is 0.286 e. The first kappa shape index (κ1) is 15.9. The molecule has 0 fully saturated rings. The maximum Gasteiger partial charge on any atom is 0.286 e. The van der Waals surface area contributed by atoms with Crippen molar-refractivity contribution in [2.24, 2.45) is 0 Å². The molecule has 24 heavy (non-hydrogen) atoms. The third-order valence-corrected chi connectivity index (χ3v) is 3.97. The number of nitrogens with zero attached hydrogens (tertiary/aromatic N) is 1. The number of hydrogen-bond acceptors (Lipinski definition) is 1. The van der Waals surface area contributed by atoms with Gasteiger partial charge in [0.1, 0.15) is 0 Å². The first-order valence-corrected chi connectivity index (χ1v) is 8.11. The van der Waals surface area contributed by atoms with Crippen molar-refractivity contribution in [1.29, 1.82) is 0 Å². The van der Waals surface area contributed by atoms with Crippen molar-refractivity contribution < 1.29 is 9.36 Å². The van der Waals surface area contributed by atoms with Crippen LogP contribution in [0.1, 0.15) is 18.5 Å². The summed E-state index contributed by atoms with van der Waals surface area (Å²) in [4.78, 5) is 12.3. The molecule has 3 nitrogen and oxygen atoms in total. The second kappa shape index (κ2) is 7.55. The molecule has 1 aromatic heterocycles. The molecule has 0 bridgehead atoms. The normalized spacial score (nSPS) is 11.7. The van der Waals surface area contributed by atoms with Crippen LogP contribution in [-0.2, 0) is 11.3 Å². The summed E-state index contributed by atoms with van der Waals surface area (Å²) in [6.07, 6.45) is 3.92. The summed E-state index contributed by atoms with van der Waals surface area (Å²) in [6.45, 7) is 2.30. The number of hydrogen-bond donors (Lipinski definition) is 1. The fraction of sp³-hybridized carbons (Fsp3) is 0.143. The predicted molar refractivity (Wildman–Crippen MR) is 95.1 cm³/mol. The molecule has 120 valence electrons. The molecule has 3 rings (SSSR count). The van der Waals surface area contributed by atoms with Crippen LogP contribution in [-0.4, -0.2) is 5.91 Å². The molecule has 1 N–H and O–H groups in total. The quantitative estimate of drug-likeness (QED) is 0.718. The Bertz CT molecular complexity index is 800. The number of carbonyl (C=O) groups excluding carboxylic acids is 1. The molecule has 0 aliphatic rings. The van der Waals surface area contributed by atoms with Gasteiger partial charge in [0.25, 0.3) is 5.91 Å². The Balaban J connectivity index is 1.67. The summed E-state index contributed by atoms with van der Waals surface area (Å²) in [5, 5.41) is 3.04. The molecule has 0 saturated heterocycles. The molecule has 2 aromatic carbocycles. The molecular formula is C21H21N2O+. The number of nitrogens with one attached hydrogen (secondary N) is 1. The second-order valence-electron chi connectivity index (χ2n) is 5.83. The van der Waals surface area contributed by atoms with E-state index < -0.39 is 0 Å². The molecule has 1 amide bonds. The molecule has 0 saturated carbocycles. The number of amides is 1. The van der Waals surface area contributed by atoms with Gasteiger partial charge in [0.2, 0.25) is 6.54 Å². The number of aromatic nitrogens is 1. The summed E-state index contributed by atoms with van der Waals surface area (Å²) in [5.74, 6) is 0.00145. The van der Waals surface area contributed by atoms with Gasteiger partial charge < -0.3 is 5.32 Å². The number of carbonyl (C=O) groups is 1. The average molecular weight is 317 g/mol. The fourth-order valence-corrected chi connectivity index (χ4v) is 2.70. The standard InChI is InChI=1S/C21H20N2O/c1-17(18-9-4-2-5-10-18)22-21(24)16-23-14-8-13-20(15-23)19-11-6-3-7-12-19/h2-15,17H,16H2,1H3/p+1/t17-/m0/s1. The van der Waals surface area contributed by atoms with Crippen LogP contribution in [0.15, 0.2) is 85.2 Å². The highest BCUT2D eigenvalue weighted by atomic mass is 16.2. The highest BCUT2D eigenvalue weighted by Gasteiger charge is 2.14. The van der Waals surface area contributed by atoms with Crippen molar-refractivity contribution in [2.75, 3.05) is 0 Å². The van der Waals surface area contributed by atoms with E-state index in [2.05, 4.69) is 23.5 Å². The minimum absolute atomic E-state index is 0.00145. The highest BCUT2D eigenvalue weighted by molar-refractivity contribution is 5.75. The first-order chi connectivity index (χ1) is 11.7. The van der Waals surface area contributed by atoms with Crippen LogP contribution in [0.3, 0.4) is 0 Å². The van der Waals surface area contributed by atoms with Crippen LogP contribution < -0.4 is 9.88 Å². The molecule has 3 aromatic rings. The lowest BCUT2D eigenvalue weighted by Crippen LogP contribution is -2.43. The van der Waals surface area contributed by atoms with E-state index in [9.17, 15) is 4.79 Å². The van der Waals surface area contributed by atoms with Gasteiger partial charge in [-0.2, -0.15) is 4.57 Å². The SMILES string of the molecule is C[C@H](NC(=O)C[n+]1cccc(-c2ccccc2)c1)c1ccccc1. The van der Waals surface area contributed by atoms with E-state index in [1.165, 1.54) is 0 Å². The van der Waals surface area contributed by atoms with E-state index in [4.69, 9.17) is 0 Å². The Morgan fingerprint density at radius 2 is 1.54 bits per heavy atom. The minimum atomic E-state index is -0.00314. The van der Waals surface area contributed by atoms with Crippen molar-refractivity contribution in [3.63, 3.8) is 0 Å². The number of pyridine rings is 1. The lowest BCUT2D eigenvalue weighted by Gasteiger charge is -2.13. The van der Waals surface area contributed by atoms with Gasteiger partial charge in [-0.15, -0.1) is 0 Å². The molecule has 0 aliphatic carbocycles. The Morgan fingerprint density at radius 1 is 0.917 bits per heavy atom. The average Bonchev–Trinajstić information content (AvgIpc) is 2.63. The Morgan fingerprint density at radius 3 is 2.25 bits per heavy atom. The van der Waals surface area contributed by atoms with Gasteiger partial charge in [-0.05, 0) is 24.1 Å². The van der Waals surface area contributed by atoms with Gasteiger partial charge in [0.15, 0.2) is 12.4 Å². The molecule has 1 atom stereocenters. The molecule has 0 radical (unpaired) electrons. The minimum Gasteiger partial charge on any atom is -0.344 e. The maximum absolute atomic E-state index is 12.3. The largest absolute Gasteiger partial charge is 0.344 e. The fourth-order valence-electron chi connectivity index (χ4n) is 2.70. The molecule has 0 spiro atoms. The summed E-state index contributed by atoms with van der Waals surface area (Å²) in [5.41, 5.74) is 3.35. The summed E-state index contributed by atoms with van der Waals surface area (Å²) in [6, 6.07) is 24.2. The number of benzene rings is 2. The van der Waals surface area contributed by atoms with Gasteiger partial charge in [-0.1, -0.05) is 60.7 Å². The zero-order valence-corrected chi connectivity index (χ0v) is 13.7. The summed E-state index contributed by atoms with van der Waals surface area (Å²) >= 11 is 0. The van der Waals surface area contributed by atoms with E-state index in [1.807, 2.05) is 78.5 Å². The van der Waals surface area contributed by atoms with Crippen molar-refractivity contribution in [2.45, 2.75) is 19.5 Å². The third-order valence-electron chi connectivity index (χ3n) is 3.97. The van der Waals surface area contributed by atoms with Gasteiger partial charge in [-0.25, -0.2) is 0 Å². The van der Waals surface area contributed by atoms with Crippen LogP contribution in [0.25, 0.3) is 11.1 Å². The first-order valence-electron chi connectivity index (χ1n) is 8.11. The maximum atomic E-state index is 12.3.